The Morgan fingerprint density at radius 2 is 2.22 bits per heavy atom. The smallest absolute Gasteiger partial charge is 0.141 e. The molecular formula is C13H18N4O. The van der Waals surface area contributed by atoms with Gasteiger partial charge in [0.15, 0.2) is 0 Å². The second-order valence-electron chi connectivity index (χ2n) is 4.18. The minimum atomic E-state index is 0.669. The van der Waals surface area contributed by atoms with E-state index in [0.717, 1.165) is 17.1 Å². The fourth-order valence-corrected chi connectivity index (χ4v) is 1.91. The normalized spacial score (nSPS) is 10.6. The summed E-state index contributed by atoms with van der Waals surface area (Å²) in [6.07, 6.45) is 1.58. The first-order chi connectivity index (χ1) is 8.74. The molecule has 18 heavy (non-hydrogen) atoms. The second kappa shape index (κ2) is 5.64. The molecule has 0 amide bonds. The summed E-state index contributed by atoms with van der Waals surface area (Å²) in [6, 6.07) is 6.14. The maximum Gasteiger partial charge on any atom is 0.141 e. The zero-order valence-electron chi connectivity index (χ0n) is 11.0. The van der Waals surface area contributed by atoms with E-state index >= 15 is 0 Å². The number of nitrogens with one attached hydrogen (secondary N) is 1. The fraction of sp³-hybridized carbons (Fsp3) is 0.385. The first kappa shape index (κ1) is 12.6. The Labute approximate surface area is 107 Å². The maximum atomic E-state index is 5.37. The summed E-state index contributed by atoms with van der Waals surface area (Å²) in [5.74, 6) is 1.80. The Bertz CT molecular complexity index is 521. The van der Waals surface area contributed by atoms with Crippen molar-refractivity contribution in [3.8, 4) is 5.75 Å². The molecule has 2 aromatic rings. The van der Waals surface area contributed by atoms with Gasteiger partial charge in [-0.1, -0.05) is 17.7 Å². The monoisotopic (exact) mass is 246 g/mol. The van der Waals surface area contributed by atoms with Gasteiger partial charge in [-0.3, -0.25) is 0 Å². The lowest BCUT2D eigenvalue weighted by molar-refractivity contribution is 0.406. The van der Waals surface area contributed by atoms with Crippen LogP contribution in [0.2, 0.25) is 0 Å². The van der Waals surface area contributed by atoms with Gasteiger partial charge in [0.25, 0.3) is 0 Å². The van der Waals surface area contributed by atoms with Gasteiger partial charge in [0.2, 0.25) is 0 Å². The summed E-state index contributed by atoms with van der Waals surface area (Å²) in [4.78, 5) is 4.23. The largest absolute Gasteiger partial charge is 0.496 e. The van der Waals surface area contributed by atoms with Crippen molar-refractivity contribution in [3.05, 3.63) is 41.5 Å². The summed E-state index contributed by atoms with van der Waals surface area (Å²) < 4.78 is 7.25. The lowest BCUT2D eigenvalue weighted by atomic mass is 10.1. The third kappa shape index (κ3) is 2.68. The molecule has 0 spiro atoms. The number of rotatable bonds is 5. The molecule has 0 unspecified atom stereocenters. The number of nitrogens with zero attached hydrogens (tertiary/aromatic N) is 3. The summed E-state index contributed by atoms with van der Waals surface area (Å²) >= 11 is 0. The molecule has 0 fully saturated rings. The highest BCUT2D eigenvalue weighted by atomic mass is 16.5. The van der Waals surface area contributed by atoms with Crippen LogP contribution in [0, 0.1) is 6.92 Å². The van der Waals surface area contributed by atoms with Crippen LogP contribution >= 0.6 is 0 Å². The average molecular weight is 246 g/mol. The molecule has 0 atom stereocenters. The summed E-state index contributed by atoms with van der Waals surface area (Å²) in [6.45, 7) is 3.44. The van der Waals surface area contributed by atoms with E-state index in [0.29, 0.717) is 13.1 Å². The van der Waals surface area contributed by atoms with Crippen molar-refractivity contribution < 1.29 is 4.74 Å². The van der Waals surface area contributed by atoms with Gasteiger partial charge in [-0.25, -0.2) is 9.67 Å². The van der Waals surface area contributed by atoms with Gasteiger partial charge in [0.1, 0.15) is 17.9 Å². The third-order valence-corrected chi connectivity index (χ3v) is 2.79. The Balaban J connectivity index is 2.27. The van der Waals surface area contributed by atoms with Crippen LogP contribution in [-0.4, -0.2) is 28.9 Å². The molecule has 2 rings (SSSR count). The Hall–Kier alpha value is -1.88. The molecule has 1 aromatic carbocycles. The van der Waals surface area contributed by atoms with Crippen LogP contribution in [0.15, 0.2) is 24.5 Å². The molecule has 0 aliphatic carbocycles. The Kier molecular flexibility index (Phi) is 3.94. The van der Waals surface area contributed by atoms with E-state index in [1.54, 1.807) is 13.4 Å². The molecule has 0 saturated carbocycles. The highest BCUT2D eigenvalue weighted by Crippen LogP contribution is 2.20. The predicted molar refractivity (Wildman–Crippen MR) is 69.6 cm³/mol. The Morgan fingerprint density at radius 3 is 2.94 bits per heavy atom. The number of ether oxygens (including phenoxy) is 1. The van der Waals surface area contributed by atoms with Crippen LogP contribution in [0.3, 0.4) is 0 Å². The number of hydrogen-bond donors (Lipinski definition) is 1. The second-order valence-corrected chi connectivity index (χ2v) is 4.18. The van der Waals surface area contributed by atoms with Crippen LogP contribution in [0.25, 0.3) is 0 Å². The molecule has 1 aromatic heterocycles. The first-order valence-electron chi connectivity index (χ1n) is 5.89. The third-order valence-electron chi connectivity index (χ3n) is 2.79. The summed E-state index contributed by atoms with van der Waals surface area (Å²) in [7, 11) is 3.58. The van der Waals surface area contributed by atoms with Gasteiger partial charge in [-0.05, 0) is 20.0 Å². The van der Waals surface area contributed by atoms with Crippen molar-refractivity contribution in [2.24, 2.45) is 0 Å². The van der Waals surface area contributed by atoms with Crippen molar-refractivity contribution in [1.29, 1.82) is 0 Å². The summed E-state index contributed by atoms with van der Waals surface area (Å²) in [5, 5.41) is 7.33. The maximum absolute atomic E-state index is 5.37. The molecule has 1 N–H and O–H groups in total. The predicted octanol–water partition coefficient (Wildman–Crippen LogP) is 1.36. The summed E-state index contributed by atoms with van der Waals surface area (Å²) in [5.41, 5.74) is 2.32. The van der Waals surface area contributed by atoms with E-state index in [9.17, 15) is 0 Å². The van der Waals surface area contributed by atoms with Gasteiger partial charge < -0.3 is 10.1 Å². The highest BCUT2D eigenvalue weighted by Gasteiger charge is 2.08. The number of aromatic nitrogens is 3. The highest BCUT2D eigenvalue weighted by molar-refractivity contribution is 5.37. The zero-order valence-corrected chi connectivity index (χ0v) is 11.0. The van der Waals surface area contributed by atoms with E-state index in [1.165, 1.54) is 5.56 Å². The van der Waals surface area contributed by atoms with E-state index < -0.39 is 0 Å². The van der Waals surface area contributed by atoms with Gasteiger partial charge in [0.05, 0.1) is 20.2 Å². The molecule has 0 aliphatic heterocycles. The molecule has 5 nitrogen and oxygen atoms in total. The molecule has 96 valence electrons. The van der Waals surface area contributed by atoms with Crippen LogP contribution in [0.5, 0.6) is 5.75 Å². The van der Waals surface area contributed by atoms with Gasteiger partial charge in [-0.15, -0.1) is 0 Å². The minimum Gasteiger partial charge on any atom is -0.496 e. The van der Waals surface area contributed by atoms with Crippen molar-refractivity contribution in [2.75, 3.05) is 14.2 Å². The molecule has 5 heteroatoms. The number of methoxy groups -OCH3 is 1. The van der Waals surface area contributed by atoms with Crippen molar-refractivity contribution in [3.63, 3.8) is 0 Å². The molecular weight excluding hydrogens is 228 g/mol. The van der Waals surface area contributed by atoms with E-state index in [-0.39, 0.29) is 0 Å². The van der Waals surface area contributed by atoms with Crippen LogP contribution < -0.4 is 10.1 Å². The van der Waals surface area contributed by atoms with Crippen LogP contribution in [-0.2, 0) is 13.1 Å². The average Bonchev–Trinajstić information content (AvgIpc) is 2.78. The van der Waals surface area contributed by atoms with Crippen molar-refractivity contribution in [2.45, 2.75) is 20.0 Å². The van der Waals surface area contributed by atoms with Gasteiger partial charge >= 0.3 is 0 Å². The fourth-order valence-electron chi connectivity index (χ4n) is 1.91. The SMILES string of the molecule is CNCc1ncnn1Cc1cc(C)ccc1OC. The number of benzene rings is 1. The quantitative estimate of drug-likeness (QED) is 0.865. The minimum absolute atomic E-state index is 0.669. The topological polar surface area (TPSA) is 52.0 Å². The van der Waals surface area contributed by atoms with E-state index in [2.05, 4.69) is 28.4 Å². The number of hydrogen-bond acceptors (Lipinski definition) is 4. The number of aryl methyl sites for hydroxylation is 1. The molecule has 0 bridgehead atoms. The zero-order chi connectivity index (χ0) is 13.0. The lowest BCUT2D eigenvalue weighted by Crippen LogP contribution is -2.14. The first-order valence-corrected chi connectivity index (χ1v) is 5.89. The van der Waals surface area contributed by atoms with E-state index in [1.807, 2.05) is 23.9 Å². The molecule has 0 saturated heterocycles. The molecule has 0 radical (unpaired) electrons. The molecule has 1 heterocycles. The Morgan fingerprint density at radius 1 is 1.39 bits per heavy atom. The van der Waals surface area contributed by atoms with Crippen LogP contribution in [0.4, 0.5) is 0 Å². The van der Waals surface area contributed by atoms with Crippen molar-refractivity contribution in [1.82, 2.24) is 20.1 Å². The van der Waals surface area contributed by atoms with Crippen LogP contribution in [0.1, 0.15) is 17.0 Å². The standard InChI is InChI=1S/C13H18N4O/c1-10-4-5-12(18-3)11(6-10)8-17-13(7-14-2)15-9-16-17/h4-6,9,14H,7-8H2,1-3H3. The molecule has 0 aliphatic rings. The van der Waals surface area contributed by atoms with E-state index in [4.69, 9.17) is 4.74 Å². The van der Waals surface area contributed by atoms with Gasteiger partial charge in [-0.2, -0.15) is 5.10 Å². The van der Waals surface area contributed by atoms with Crippen molar-refractivity contribution >= 4 is 0 Å². The lowest BCUT2D eigenvalue weighted by Gasteiger charge is -2.11. The van der Waals surface area contributed by atoms with Gasteiger partial charge in [0, 0.05) is 5.56 Å².